The highest BCUT2D eigenvalue weighted by Crippen LogP contribution is 2.17. The minimum absolute atomic E-state index is 0.417. The number of aromatic nitrogens is 5. The fourth-order valence-corrected chi connectivity index (χ4v) is 4.56. The summed E-state index contributed by atoms with van der Waals surface area (Å²) in [6.45, 7) is 1.60. The Labute approximate surface area is 218 Å². The molecule has 5 aromatic rings. The number of nitrogens with two attached hydrogens (primary N) is 1. The first-order valence-corrected chi connectivity index (χ1v) is 12.8. The number of fused-ring (bicyclic) bond motifs is 1. The molecule has 0 aliphatic carbocycles. The molecule has 0 amide bonds. The number of benzene rings is 2. The minimum atomic E-state index is 0.417. The SMILES string of the molecule is CN(C)c1cc[n+](Cc2ccc(CCCCc3ccc(Cn4cnc5c(N)ncnc54)cc3)cc2)cc1. The van der Waals surface area contributed by atoms with Crippen molar-refractivity contribution in [2.24, 2.45) is 0 Å². The molecule has 0 aliphatic rings. The van der Waals surface area contributed by atoms with Gasteiger partial charge >= 0.3 is 0 Å². The van der Waals surface area contributed by atoms with Crippen molar-refractivity contribution in [2.75, 3.05) is 24.7 Å². The number of nitrogen functional groups attached to an aromatic ring is 1. The number of hydrogen-bond donors (Lipinski definition) is 1. The maximum atomic E-state index is 5.90. The molecule has 7 heteroatoms. The zero-order chi connectivity index (χ0) is 25.6. The Balaban J connectivity index is 1.07. The van der Waals surface area contributed by atoms with E-state index >= 15 is 0 Å². The first kappa shape index (κ1) is 24.4. The second-order valence-electron chi connectivity index (χ2n) is 9.77. The number of anilines is 2. The zero-order valence-electron chi connectivity index (χ0n) is 21.6. The molecule has 2 N–H and O–H groups in total. The second-order valence-corrected chi connectivity index (χ2v) is 9.77. The fourth-order valence-electron chi connectivity index (χ4n) is 4.56. The van der Waals surface area contributed by atoms with Crippen LogP contribution in [-0.2, 0) is 25.9 Å². The molecule has 2 aromatic carbocycles. The Kier molecular flexibility index (Phi) is 7.40. The van der Waals surface area contributed by atoms with Gasteiger partial charge in [-0.1, -0.05) is 48.5 Å². The molecular weight excluding hydrogens is 458 g/mol. The van der Waals surface area contributed by atoms with Gasteiger partial charge in [-0.3, -0.25) is 0 Å². The van der Waals surface area contributed by atoms with E-state index in [-0.39, 0.29) is 0 Å². The number of pyridine rings is 1. The van der Waals surface area contributed by atoms with E-state index < -0.39 is 0 Å². The lowest BCUT2D eigenvalue weighted by molar-refractivity contribution is -0.688. The smallest absolute Gasteiger partial charge is 0.173 e. The lowest BCUT2D eigenvalue weighted by Gasteiger charge is -2.10. The van der Waals surface area contributed by atoms with E-state index in [1.54, 1.807) is 6.33 Å². The zero-order valence-corrected chi connectivity index (χ0v) is 21.6. The summed E-state index contributed by atoms with van der Waals surface area (Å²) in [7, 11) is 4.13. The molecule has 0 saturated heterocycles. The van der Waals surface area contributed by atoms with Gasteiger partial charge in [-0.25, -0.2) is 19.5 Å². The highest BCUT2D eigenvalue weighted by atomic mass is 15.1. The van der Waals surface area contributed by atoms with Crippen LogP contribution in [-0.4, -0.2) is 33.6 Å². The van der Waals surface area contributed by atoms with Gasteiger partial charge in [-0.2, -0.15) is 0 Å². The third-order valence-corrected chi connectivity index (χ3v) is 6.76. The van der Waals surface area contributed by atoms with Crippen molar-refractivity contribution in [1.29, 1.82) is 0 Å². The molecule has 3 heterocycles. The van der Waals surface area contributed by atoms with Crippen LogP contribution in [0.3, 0.4) is 0 Å². The summed E-state index contributed by atoms with van der Waals surface area (Å²) in [4.78, 5) is 14.8. The molecule has 7 nitrogen and oxygen atoms in total. The van der Waals surface area contributed by atoms with Crippen LogP contribution in [0.2, 0.25) is 0 Å². The monoisotopic (exact) mass is 492 g/mol. The van der Waals surface area contributed by atoms with Crippen molar-refractivity contribution >= 4 is 22.7 Å². The summed E-state index contributed by atoms with van der Waals surface area (Å²) in [6, 6.07) is 22.2. The lowest BCUT2D eigenvalue weighted by Crippen LogP contribution is -2.33. The number of imidazole rings is 1. The van der Waals surface area contributed by atoms with Crippen molar-refractivity contribution in [3.63, 3.8) is 0 Å². The molecule has 3 aromatic heterocycles. The summed E-state index contributed by atoms with van der Waals surface area (Å²) in [5, 5.41) is 0. The summed E-state index contributed by atoms with van der Waals surface area (Å²) in [5.74, 6) is 0.417. The predicted molar refractivity (Wildman–Crippen MR) is 148 cm³/mol. The van der Waals surface area contributed by atoms with Crippen molar-refractivity contribution < 1.29 is 4.57 Å². The van der Waals surface area contributed by atoms with Gasteiger partial charge in [0, 0.05) is 37.5 Å². The highest BCUT2D eigenvalue weighted by Gasteiger charge is 2.08. The minimum Gasteiger partial charge on any atom is -0.382 e. The van der Waals surface area contributed by atoms with E-state index in [9.17, 15) is 0 Å². The van der Waals surface area contributed by atoms with Crippen LogP contribution in [0.25, 0.3) is 11.2 Å². The number of unbranched alkanes of at least 4 members (excludes halogenated alkanes) is 1. The van der Waals surface area contributed by atoms with Gasteiger partial charge in [-0.05, 0) is 42.4 Å². The molecule has 0 aliphatic heterocycles. The van der Waals surface area contributed by atoms with Crippen LogP contribution in [0.5, 0.6) is 0 Å². The van der Waals surface area contributed by atoms with E-state index in [0.29, 0.717) is 17.9 Å². The average Bonchev–Trinajstić information content (AvgIpc) is 3.33. The van der Waals surface area contributed by atoms with Crippen molar-refractivity contribution in [3.05, 3.63) is 108 Å². The molecule has 0 fully saturated rings. The van der Waals surface area contributed by atoms with Crippen LogP contribution in [0.15, 0.2) is 85.7 Å². The van der Waals surface area contributed by atoms with E-state index in [2.05, 4.69) is 112 Å². The van der Waals surface area contributed by atoms with Gasteiger partial charge in [0.15, 0.2) is 30.4 Å². The Morgan fingerprint density at radius 1 is 0.757 bits per heavy atom. The molecule has 0 unspecified atom stereocenters. The normalized spacial score (nSPS) is 11.2. The third kappa shape index (κ3) is 6.12. The largest absolute Gasteiger partial charge is 0.382 e. The predicted octanol–water partition coefficient (Wildman–Crippen LogP) is 4.42. The molecular formula is C30H34N7+. The molecule has 0 spiro atoms. The first-order valence-electron chi connectivity index (χ1n) is 12.8. The van der Waals surface area contributed by atoms with Crippen LogP contribution in [0.4, 0.5) is 11.5 Å². The van der Waals surface area contributed by atoms with Crippen molar-refractivity contribution in [3.8, 4) is 0 Å². The Hall–Kier alpha value is -4.26. The Bertz CT molecular complexity index is 1440. The average molecular weight is 493 g/mol. The van der Waals surface area contributed by atoms with E-state index in [1.807, 2.05) is 4.57 Å². The summed E-state index contributed by atoms with van der Waals surface area (Å²) in [5.41, 5.74) is 13.9. The highest BCUT2D eigenvalue weighted by molar-refractivity contribution is 5.81. The number of aryl methyl sites for hydroxylation is 2. The molecule has 37 heavy (non-hydrogen) atoms. The summed E-state index contributed by atoms with van der Waals surface area (Å²) < 4.78 is 4.22. The van der Waals surface area contributed by atoms with Gasteiger partial charge in [0.2, 0.25) is 0 Å². The van der Waals surface area contributed by atoms with E-state index in [4.69, 9.17) is 5.73 Å². The van der Waals surface area contributed by atoms with Crippen molar-refractivity contribution in [1.82, 2.24) is 19.5 Å². The maximum absolute atomic E-state index is 5.90. The van der Waals surface area contributed by atoms with E-state index in [0.717, 1.165) is 25.0 Å². The van der Waals surface area contributed by atoms with Crippen LogP contribution in [0, 0.1) is 0 Å². The molecule has 0 radical (unpaired) electrons. The van der Waals surface area contributed by atoms with Gasteiger partial charge in [0.1, 0.15) is 11.8 Å². The third-order valence-electron chi connectivity index (χ3n) is 6.76. The fraction of sp³-hybridized carbons (Fsp3) is 0.267. The number of hydrogen-bond acceptors (Lipinski definition) is 5. The molecule has 0 atom stereocenters. The second kappa shape index (κ2) is 11.2. The molecule has 0 saturated carbocycles. The van der Waals surface area contributed by atoms with Crippen LogP contribution < -0.4 is 15.2 Å². The standard InChI is InChI=1S/C30H34N7/c1-35(2)27-15-17-36(18-16-27)19-25-11-7-23(8-12-25)5-3-4-6-24-9-13-26(14-10-24)20-37-22-34-28-29(31)32-21-33-30(28)37/h7-18,21-22H,3-6,19-20H2,1-2H3,(H2,31,32,33)/q+1. The van der Waals surface area contributed by atoms with Gasteiger partial charge in [0.05, 0.1) is 12.9 Å². The van der Waals surface area contributed by atoms with Crippen molar-refractivity contribution in [2.45, 2.75) is 38.8 Å². The van der Waals surface area contributed by atoms with Gasteiger partial charge in [-0.15, -0.1) is 0 Å². The first-order chi connectivity index (χ1) is 18.0. The quantitative estimate of drug-likeness (QED) is 0.231. The number of nitrogens with zero attached hydrogens (tertiary/aromatic N) is 6. The molecule has 5 rings (SSSR count). The van der Waals surface area contributed by atoms with Crippen LogP contribution >= 0.6 is 0 Å². The Morgan fingerprint density at radius 2 is 1.35 bits per heavy atom. The maximum Gasteiger partial charge on any atom is 0.173 e. The van der Waals surface area contributed by atoms with Crippen LogP contribution in [0.1, 0.15) is 35.1 Å². The Morgan fingerprint density at radius 3 is 1.97 bits per heavy atom. The van der Waals surface area contributed by atoms with Gasteiger partial charge in [0.25, 0.3) is 0 Å². The lowest BCUT2D eigenvalue weighted by atomic mass is 10.0. The molecule has 188 valence electrons. The van der Waals surface area contributed by atoms with E-state index in [1.165, 1.54) is 47.1 Å². The van der Waals surface area contributed by atoms with Gasteiger partial charge < -0.3 is 15.2 Å². The summed E-state index contributed by atoms with van der Waals surface area (Å²) >= 11 is 0. The topological polar surface area (TPSA) is 76.7 Å². The number of rotatable bonds is 10. The summed E-state index contributed by atoms with van der Waals surface area (Å²) in [6.07, 6.45) is 12.1. The molecule has 0 bridgehead atoms.